The largest absolute Gasteiger partial charge is 0.386 e. The Morgan fingerprint density at radius 1 is 1.33 bits per heavy atom. The van der Waals surface area contributed by atoms with Crippen molar-refractivity contribution >= 4 is 40.2 Å². The molecule has 0 aliphatic heterocycles. The van der Waals surface area contributed by atoms with Gasteiger partial charge in [0.2, 0.25) is 0 Å². The van der Waals surface area contributed by atoms with Crippen molar-refractivity contribution in [3.8, 4) is 0 Å². The molecule has 144 valence electrons. The molecular weight excluding hydrogens is 404 g/mol. The summed E-state index contributed by atoms with van der Waals surface area (Å²) in [6.45, 7) is 3.27. The molecule has 10 heteroatoms. The summed E-state index contributed by atoms with van der Waals surface area (Å²) >= 11 is 8.99. The van der Waals surface area contributed by atoms with Gasteiger partial charge in [-0.05, 0) is 30.5 Å². The zero-order valence-electron chi connectivity index (χ0n) is 15.0. The highest BCUT2D eigenvalue weighted by Crippen LogP contribution is 2.26. The van der Waals surface area contributed by atoms with E-state index < -0.39 is 6.10 Å². The van der Waals surface area contributed by atoms with E-state index in [1.807, 2.05) is 36.1 Å². The van der Waals surface area contributed by atoms with Gasteiger partial charge < -0.3 is 20.3 Å². The Bertz CT molecular complexity index is 889. The lowest BCUT2D eigenvalue weighted by molar-refractivity contribution is 0.184. The number of aliphatic hydroxyl groups is 1. The molecule has 0 aliphatic carbocycles. The highest BCUT2D eigenvalue weighted by molar-refractivity contribution is 7.16. The number of rotatable bonds is 7. The average molecular weight is 425 g/mol. The van der Waals surface area contributed by atoms with Gasteiger partial charge in [-0.1, -0.05) is 17.7 Å². The molecule has 7 nitrogen and oxygen atoms in total. The average Bonchev–Trinajstić information content (AvgIpc) is 3.39. The molecule has 3 rings (SSSR count). The van der Waals surface area contributed by atoms with Crippen molar-refractivity contribution < 1.29 is 5.11 Å². The maximum Gasteiger partial charge on any atom is 0.192 e. The van der Waals surface area contributed by atoms with E-state index in [1.165, 1.54) is 16.2 Å². The van der Waals surface area contributed by atoms with Crippen molar-refractivity contribution in [2.75, 3.05) is 6.54 Å². The first-order valence-electron chi connectivity index (χ1n) is 8.35. The second-order valence-electron chi connectivity index (χ2n) is 5.86. The Kier molecular flexibility index (Phi) is 6.84. The van der Waals surface area contributed by atoms with Gasteiger partial charge in [0.1, 0.15) is 18.5 Å². The summed E-state index contributed by atoms with van der Waals surface area (Å²) in [6.07, 6.45) is -0.659. The van der Waals surface area contributed by atoms with Crippen LogP contribution in [-0.2, 0) is 20.1 Å². The Morgan fingerprint density at radius 2 is 2.19 bits per heavy atom. The monoisotopic (exact) mass is 424 g/mol. The minimum atomic E-state index is -0.659. The lowest BCUT2D eigenvalue weighted by Gasteiger charge is -2.15. The van der Waals surface area contributed by atoms with Gasteiger partial charge in [0.05, 0.1) is 10.9 Å². The topological polar surface area (TPSA) is 87.4 Å². The number of aryl methyl sites for hydroxylation is 1. The molecule has 0 saturated carbocycles. The summed E-state index contributed by atoms with van der Waals surface area (Å²) in [7, 11) is 1.91. The lowest BCUT2D eigenvalue weighted by Crippen LogP contribution is -2.39. The first-order valence-corrected chi connectivity index (χ1v) is 10.4. The molecule has 0 saturated heterocycles. The predicted octanol–water partition coefficient (Wildman–Crippen LogP) is 2.87. The van der Waals surface area contributed by atoms with Gasteiger partial charge in [0.15, 0.2) is 11.8 Å². The van der Waals surface area contributed by atoms with E-state index in [2.05, 4.69) is 31.9 Å². The molecule has 27 heavy (non-hydrogen) atoms. The van der Waals surface area contributed by atoms with Crippen LogP contribution < -0.4 is 10.6 Å². The van der Waals surface area contributed by atoms with E-state index in [0.717, 1.165) is 16.5 Å². The van der Waals surface area contributed by atoms with Gasteiger partial charge in [-0.25, -0.2) is 4.99 Å². The number of aromatic nitrogens is 3. The first kappa shape index (κ1) is 19.8. The summed E-state index contributed by atoms with van der Waals surface area (Å²) in [5.41, 5.74) is 0. The van der Waals surface area contributed by atoms with Crippen molar-refractivity contribution in [3.63, 3.8) is 0 Å². The number of hydrogen-bond acceptors (Lipinski definition) is 6. The molecule has 0 fully saturated rings. The van der Waals surface area contributed by atoms with Gasteiger partial charge >= 0.3 is 0 Å². The molecule has 0 aliphatic rings. The molecule has 1 atom stereocenters. The molecule has 0 aromatic carbocycles. The third-order valence-electron chi connectivity index (χ3n) is 3.96. The Labute approximate surface area is 170 Å². The number of nitrogens with one attached hydrogen (secondary N) is 2. The van der Waals surface area contributed by atoms with E-state index in [4.69, 9.17) is 11.6 Å². The number of guanidine groups is 1. The van der Waals surface area contributed by atoms with Gasteiger partial charge in [-0.2, -0.15) is 0 Å². The molecule has 0 bridgehead atoms. The SMILES string of the molecule is Cc1nnc(CN=C(NCc2cccs2)NCC(O)c2ccc(Cl)s2)n1C. The number of halogens is 1. The van der Waals surface area contributed by atoms with E-state index in [0.29, 0.717) is 29.9 Å². The number of hydrogen-bond donors (Lipinski definition) is 3. The summed E-state index contributed by atoms with van der Waals surface area (Å²) in [5.74, 6) is 2.22. The number of aliphatic imine (C=N–C) groups is 1. The van der Waals surface area contributed by atoms with Crippen molar-refractivity contribution in [3.05, 3.63) is 55.4 Å². The molecule has 0 spiro atoms. The fraction of sp³-hybridized carbons (Fsp3) is 0.353. The summed E-state index contributed by atoms with van der Waals surface area (Å²) < 4.78 is 2.56. The number of thiophene rings is 2. The normalized spacial score (nSPS) is 13.0. The van der Waals surface area contributed by atoms with E-state index in [9.17, 15) is 5.11 Å². The highest BCUT2D eigenvalue weighted by Gasteiger charge is 2.12. The molecule has 0 radical (unpaired) electrons. The Hall–Kier alpha value is -1.94. The molecule has 3 aromatic heterocycles. The molecule has 3 heterocycles. The smallest absolute Gasteiger partial charge is 0.192 e. The third-order valence-corrected chi connectivity index (χ3v) is 6.17. The summed E-state index contributed by atoms with van der Waals surface area (Å²) in [6, 6.07) is 7.69. The standard InChI is InChI=1S/C17H21ClN6OS2/c1-11-22-23-16(24(11)2)10-21-17(19-8-12-4-3-7-26-12)20-9-13(25)14-5-6-15(18)27-14/h3-7,13,25H,8-10H2,1-2H3,(H2,19,20,21). The number of aliphatic hydroxyl groups excluding tert-OH is 1. The highest BCUT2D eigenvalue weighted by atomic mass is 35.5. The van der Waals surface area contributed by atoms with Crippen LogP contribution in [0.2, 0.25) is 4.34 Å². The van der Waals surface area contributed by atoms with Crippen LogP contribution in [0.25, 0.3) is 0 Å². The number of nitrogens with zero attached hydrogens (tertiary/aromatic N) is 4. The maximum absolute atomic E-state index is 10.3. The van der Waals surface area contributed by atoms with Gasteiger partial charge in [0.25, 0.3) is 0 Å². The van der Waals surface area contributed by atoms with Gasteiger partial charge in [0, 0.05) is 23.3 Å². The molecular formula is C17H21ClN6OS2. The predicted molar refractivity (Wildman–Crippen MR) is 110 cm³/mol. The van der Waals surface area contributed by atoms with E-state index in [1.54, 1.807) is 17.4 Å². The zero-order valence-corrected chi connectivity index (χ0v) is 17.4. The molecule has 0 amide bonds. The minimum Gasteiger partial charge on any atom is -0.386 e. The second kappa shape index (κ2) is 9.32. The Balaban J connectivity index is 1.64. The fourth-order valence-corrected chi connectivity index (χ4v) is 3.99. The second-order valence-corrected chi connectivity index (χ2v) is 8.64. The molecule has 1 unspecified atom stereocenters. The van der Waals surface area contributed by atoms with Crippen molar-refractivity contribution in [1.82, 2.24) is 25.4 Å². The summed E-state index contributed by atoms with van der Waals surface area (Å²) in [4.78, 5) is 6.59. The molecule has 3 N–H and O–H groups in total. The third kappa shape index (κ3) is 5.52. The zero-order chi connectivity index (χ0) is 19.2. The van der Waals surface area contributed by atoms with Crippen LogP contribution in [0.15, 0.2) is 34.6 Å². The van der Waals surface area contributed by atoms with Crippen LogP contribution in [0.4, 0.5) is 0 Å². The fourth-order valence-electron chi connectivity index (χ4n) is 2.30. The quantitative estimate of drug-likeness (QED) is 0.401. The van der Waals surface area contributed by atoms with Crippen LogP contribution in [0.3, 0.4) is 0 Å². The van der Waals surface area contributed by atoms with Gasteiger partial charge in [-0.3, -0.25) is 0 Å². The lowest BCUT2D eigenvalue weighted by atomic mass is 10.3. The first-order chi connectivity index (χ1) is 13.0. The minimum absolute atomic E-state index is 0.324. The van der Waals surface area contributed by atoms with Crippen LogP contribution in [0, 0.1) is 6.92 Å². The van der Waals surface area contributed by atoms with Crippen LogP contribution in [0.1, 0.15) is 27.5 Å². The Morgan fingerprint density at radius 3 is 2.81 bits per heavy atom. The van der Waals surface area contributed by atoms with E-state index >= 15 is 0 Å². The van der Waals surface area contributed by atoms with Crippen LogP contribution in [0.5, 0.6) is 0 Å². The van der Waals surface area contributed by atoms with Crippen LogP contribution in [-0.4, -0.2) is 32.4 Å². The van der Waals surface area contributed by atoms with Crippen molar-refractivity contribution in [2.24, 2.45) is 12.0 Å². The van der Waals surface area contributed by atoms with Gasteiger partial charge in [-0.15, -0.1) is 32.9 Å². The summed E-state index contributed by atoms with van der Waals surface area (Å²) in [5, 5.41) is 27.0. The molecule has 3 aromatic rings. The van der Waals surface area contributed by atoms with Crippen molar-refractivity contribution in [1.29, 1.82) is 0 Å². The van der Waals surface area contributed by atoms with E-state index in [-0.39, 0.29) is 0 Å². The maximum atomic E-state index is 10.3. The van der Waals surface area contributed by atoms with Crippen molar-refractivity contribution in [2.45, 2.75) is 26.1 Å². The van der Waals surface area contributed by atoms with Crippen LogP contribution >= 0.6 is 34.3 Å².